The molecule has 1 saturated carbocycles. The molecule has 0 saturated heterocycles. The summed E-state index contributed by atoms with van der Waals surface area (Å²) in [6.45, 7) is 0. The van der Waals surface area contributed by atoms with Gasteiger partial charge in [-0.15, -0.1) is 0 Å². The van der Waals surface area contributed by atoms with E-state index < -0.39 is 22.9 Å². The standard InChI is InChI=1S/C26H28O4/c1-29-23-18-19-24(27,26(23,28)30-2)25(20-12-6-3-7-13-20,21-14-8-4-9-15-21)22-16-10-5-11-17-22/h3-17,23,27-28H,18-19H2,1-2H3. The van der Waals surface area contributed by atoms with Crippen LogP contribution < -0.4 is 0 Å². The summed E-state index contributed by atoms with van der Waals surface area (Å²) < 4.78 is 11.2. The number of benzene rings is 3. The molecule has 0 aliphatic heterocycles. The van der Waals surface area contributed by atoms with Crippen LogP contribution in [0.4, 0.5) is 0 Å². The molecule has 0 amide bonds. The highest BCUT2D eigenvalue weighted by molar-refractivity contribution is 5.55. The Morgan fingerprint density at radius 3 is 1.47 bits per heavy atom. The third kappa shape index (κ3) is 2.76. The molecule has 0 bridgehead atoms. The van der Waals surface area contributed by atoms with E-state index in [9.17, 15) is 10.2 Å². The van der Waals surface area contributed by atoms with Gasteiger partial charge in [-0.1, -0.05) is 91.0 Å². The Hall–Kier alpha value is -2.50. The first-order chi connectivity index (χ1) is 14.5. The minimum absolute atomic E-state index is 0.300. The van der Waals surface area contributed by atoms with Gasteiger partial charge in [0.25, 0.3) is 0 Å². The van der Waals surface area contributed by atoms with Crippen molar-refractivity contribution in [1.82, 2.24) is 0 Å². The zero-order valence-corrected chi connectivity index (χ0v) is 17.4. The van der Waals surface area contributed by atoms with Gasteiger partial charge in [0, 0.05) is 14.2 Å². The van der Waals surface area contributed by atoms with Crippen molar-refractivity contribution in [3.63, 3.8) is 0 Å². The van der Waals surface area contributed by atoms with Gasteiger partial charge < -0.3 is 19.7 Å². The Bertz CT molecular complexity index is 863. The van der Waals surface area contributed by atoms with E-state index in [2.05, 4.69) is 0 Å². The van der Waals surface area contributed by atoms with Crippen LogP contribution in [0.5, 0.6) is 0 Å². The smallest absolute Gasteiger partial charge is 0.223 e. The summed E-state index contributed by atoms with van der Waals surface area (Å²) in [6.07, 6.45) is 0.100. The predicted octanol–water partition coefficient (Wildman–Crippen LogP) is 3.90. The number of hydrogen-bond acceptors (Lipinski definition) is 4. The van der Waals surface area contributed by atoms with Crippen LogP contribution in [0.25, 0.3) is 0 Å². The summed E-state index contributed by atoms with van der Waals surface area (Å²) in [5.74, 6) is -1.91. The Balaban J connectivity index is 2.14. The van der Waals surface area contributed by atoms with E-state index in [1.165, 1.54) is 14.2 Å². The van der Waals surface area contributed by atoms with Crippen LogP contribution in [0.2, 0.25) is 0 Å². The van der Waals surface area contributed by atoms with E-state index in [1.54, 1.807) is 0 Å². The number of aliphatic hydroxyl groups is 2. The largest absolute Gasteiger partial charge is 0.382 e. The van der Waals surface area contributed by atoms with Crippen molar-refractivity contribution in [2.45, 2.75) is 35.7 Å². The zero-order valence-electron chi connectivity index (χ0n) is 17.4. The number of hydrogen-bond donors (Lipinski definition) is 2. The SMILES string of the molecule is COC1CCC(O)(C(c2ccccc2)(c2ccccc2)c2ccccc2)C1(O)OC. The maximum Gasteiger partial charge on any atom is 0.223 e. The molecule has 3 unspecified atom stereocenters. The Morgan fingerprint density at radius 1 is 0.733 bits per heavy atom. The molecule has 1 aliphatic carbocycles. The average Bonchev–Trinajstić information content (AvgIpc) is 3.08. The van der Waals surface area contributed by atoms with Crippen molar-refractivity contribution in [2.24, 2.45) is 0 Å². The Labute approximate surface area is 177 Å². The molecule has 156 valence electrons. The van der Waals surface area contributed by atoms with Gasteiger partial charge in [0.15, 0.2) is 0 Å². The fourth-order valence-electron chi connectivity index (χ4n) is 5.30. The van der Waals surface area contributed by atoms with Gasteiger partial charge >= 0.3 is 0 Å². The van der Waals surface area contributed by atoms with E-state index in [4.69, 9.17) is 9.47 Å². The molecule has 4 heteroatoms. The van der Waals surface area contributed by atoms with Crippen molar-refractivity contribution in [2.75, 3.05) is 14.2 Å². The van der Waals surface area contributed by atoms with Crippen LogP contribution >= 0.6 is 0 Å². The van der Waals surface area contributed by atoms with Crippen molar-refractivity contribution in [3.05, 3.63) is 108 Å². The molecule has 0 radical (unpaired) electrons. The fraction of sp³-hybridized carbons (Fsp3) is 0.308. The van der Waals surface area contributed by atoms with E-state index in [-0.39, 0.29) is 0 Å². The molecule has 3 aromatic carbocycles. The van der Waals surface area contributed by atoms with Crippen molar-refractivity contribution in [1.29, 1.82) is 0 Å². The summed E-state index contributed by atoms with van der Waals surface area (Å²) in [6, 6.07) is 29.5. The minimum atomic E-state index is -1.91. The highest BCUT2D eigenvalue weighted by Gasteiger charge is 2.70. The molecule has 1 aliphatic rings. The van der Waals surface area contributed by atoms with Gasteiger partial charge in [0.2, 0.25) is 5.79 Å². The average molecular weight is 405 g/mol. The first-order valence-corrected chi connectivity index (χ1v) is 10.2. The molecule has 0 heterocycles. The lowest BCUT2D eigenvalue weighted by molar-refractivity contribution is -0.318. The summed E-state index contributed by atoms with van der Waals surface area (Å²) >= 11 is 0. The van der Waals surface area contributed by atoms with E-state index in [0.29, 0.717) is 12.8 Å². The van der Waals surface area contributed by atoms with Crippen molar-refractivity contribution >= 4 is 0 Å². The van der Waals surface area contributed by atoms with Crippen LogP contribution in [-0.4, -0.2) is 41.9 Å². The second kappa shape index (κ2) is 7.97. The highest BCUT2D eigenvalue weighted by Crippen LogP contribution is 2.58. The predicted molar refractivity (Wildman–Crippen MR) is 116 cm³/mol. The van der Waals surface area contributed by atoms with Gasteiger partial charge in [-0.2, -0.15) is 0 Å². The lowest BCUT2D eigenvalue weighted by atomic mass is 9.57. The van der Waals surface area contributed by atoms with Gasteiger partial charge in [-0.25, -0.2) is 0 Å². The number of rotatable bonds is 6. The van der Waals surface area contributed by atoms with Crippen LogP contribution in [0.15, 0.2) is 91.0 Å². The van der Waals surface area contributed by atoms with Crippen LogP contribution in [0, 0.1) is 0 Å². The van der Waals surface area contributed by atoms with Gasteiger partial charge in [0.05, 0.1) is 5.41 Å². The molecular weight excluding hydrogens is 376 g/mol. The van der Waals surface area contributed by atoms with Gasteiger partial charge in [-0.05, 0) is 29.5 Å². The van der Waals surface area contributed by atoms with E-state index in [1.807, 2.05) is 91.0 Å². The molecular formula is C26H28O4. The maximum atomic E-state index is 12.5. The summed E-state index contributed by atoms with van der Waals surface area (Å²) in [4.78, 5) is 0. The molecule has 2 N–H and O–H groups in total. The zero-order chi connectivity index (χ0) is 21.2. The molecule has 3 atom stereocenters. The summed E-state index contributed by atoms with van der Waals surface area (Å²) in [7, 11) is 2.96. The van der Waals surface area contributed by atoms with Crippen LogP contribution in [0.1, 0.15) is 29.5 Å². The molecule has 1 fully saturated rings. The number of ether oxygens (including phenoxy) is 2. The van der Waals surface area contributed by atoms with Crippen LogP contribution in [0.3, 0.4) is 0 Å². The Kier molecular flexibility index (Phi) is 5.51. The lowest BCUT2D eigenvalue weighted by Gasteiger charge is -2.53. The van der Waals surface area contributed by atoms with Crippen molar-refractivity contribution < 1.29 is 19.7 Å². The molecule has 4 nitrogen and oxygen atoms in total. The highest BCUT2D eigenvalue weighted by atomic mass is 16.7. The van der Waals surface area contributed by atoms with E-state index in [0.717, 1.165) is 16.7 Å². The Morgan fingerprint density at radius 2 is 1.13 bits per heavy atom. The van der Waals surface area contributed by atoms with Gasteiger partial charge in [-0.3, -0.25) is 0 Å². The normalized spacial score (nSPS) is 26.6. The maximum absolute atomic E-state index is 12.5. The first kappa shape index (κ1) is 20.8. The monoisotopic (exact) mass is 404 g/mol. The topological polar surface area (TPSA) is 58.9 Å². The number of methoxy groups -OCH3 is 2. The molecule has 0 aromatic heterocycles. The third-order valence-electron chi connectivity index (χ3n) is 6.63. The van der Waals surface area contributed by atoms with Crippen molar-refractivity contribution in [3.8, 4) is 0 Å². The second-order valence-corrected chi connectivity index (χ2v) is 7.87. The minimum Gasteiger partial charge on any atom is -0.382 e. The molecule has 4 rings (SSSR count). The first-order valence-electron chi connectivity index (χ1n) is 10.2. The fourth-order valence-corrected chi connectivity index (χ4v) is 5.30. The summed E-state index contributed by atoms with van der Waals surface area (Å²) in [5.41, 5.74) is -0.166. The van der Waals surface area contributed by atoms with Crippen LogP contribution in [-0.2, 0) is 14.9 Å². The molecule has 0 spiro atoms. The summed E-state index contributed by atoms with van der Waals surface area (Å²) in [5, 5.41) is 24.3. The van der Waals surface area contributed by atoms with Gasteiger partial charge in [0.1, 0.15) is 11.7 Å². The lowest BCUT2D eigenvalue weighted by Crippen LogP contribution is -2.68. The molecule has 3 aromatic rings. The second-order valence-electron chi connectivity index (χ2n) is 7.87. The van der Waals surface area contributed by atoms with E-state index >= 15 is 0 Å². The quantitative estimate of drug-likeness (QED) is 0.483. The third-order valence-corrected chi connectivity index (χ3v) is 6.63. The molecule has 30 heavy (non-hydrogen) atoms.